The highest BCUT2D eigenvalue weighted by Crippen LogP contribution is 2.26. The topological polar surface area (TPSA) is 37.8 Å². The molecule has 0 saturated carbocycles. The van der Waals surface area contributed by atoms with Gasteiger partial charge in [-0.3, -0.25) is 4.57 Å². The highest BCUT2D eigenvalue weighted by molar-refractivity contribution is 6.30. The predicted octanol–water partition coefficient (Wildman–Crippen LogP) is 3.47. The van der Waals surface area contributed by atoms with Crippen LogP contribution in [-0.4, -0.2) is 9.55 Å². The van der Waals surface area contributed by atoms with E-state index >= 15 is 0 Å². The average Bonchev–Trinajstić information content (AvgIpc) is 2.89. The lowest BCUT2D eigenvalue weighted by molar-refractivity contribution is 0.653. The van der Waals surface area contributed by atoms with Crippen molar-refractivity contribution >= 4 is 11.6 Å². The number of nitrogens with one attached hydrogen (secondary N) is 1. The van der Waals surface area contributed by atoms with Crippen LogP contribution < -0.4 is 5.69 Å². The van der Waals surface area contributed by atoms with Gasteiger partial charge in [0.1, 0.15) is 0 Å². The van der Waals surface area contributed by atoms with Gasteiger partial charge in [0.15, 0.2) is 0 Å². The number of hydrogen-bond acceptors (Lipinski definition) is 1. The van der Waals surface area contributed by atoms with E-state index in [1.165, 1.54) is 0 Å². The van der Waals surface area contributed by atoms with Gasteiger partial charge in [-0.2, -0.15) is 0 Å². The standard InChI is InChI=1S/C16H13ClN2O/c17-14-8-6-13(7-9-14)15(12-4-2-1-3-5-12)19-11-10-18-16(19)20/h1-11,15H,(H,18,20). The zero-order chi connectivity index (χ0) is 13.9. The third-order valence-electron chi connectivity index (χ3n) is 3.26. The molecule has 2 aromatic carbocycles. The lowest BCUT2D eigenvalue weighted by atomic mass is 9.98. The Morgan fingerprint density at radius 3 is 2.20 bits per heavy atom. The van der Waals surface area contributed by atoms with E-state index in [1.54, 1.807) is 17.0 Å². The number of nitrogens with zero attached hydrogens (tertiary/aromatic N) is 1. The smallest absolute Gasteiger partial charge is 0.313 e. The van der Waals surface area contributed by atoms with Crippen molar-refractivity contribution in [1.82, 2.24) is 9.55 Å². The number of imidazole rings is 1. The van der Waals surface area contributed by atoms with Gasteiger partial charge in [0, 0.05) is 17.4 Å². The molecule has 3 rings (SSSR count). The van der Waals surface area contributed by atoms with Gasteiger partial charge < -0.3 is 4.98 Å². The number of halogens is 1. The summed E-state index contributed by atoms with van der Waals surface area (Å²) in [6.45, 7) is 0. The fraction of sp³-hybridized carbons (Fsp3) is 0.0625. The van der Waals surface area contributed by atoms with Crippen molar-refractivity contribution in [3.8, 4) is 0 Å². The van der Waals surface area contributed by atoms with Crippen molar-refractivity contribution in [2.75, 3.05) is 0 Å². The first-order valence-electron chi connectivity index (χ1n) is 6.31. The van der Waals surface area contributed by atoms with Crippen molar-refractivity contribution < 1.29 is 0 Å². The van der Waals surface area contributed by atoms with Crippen molar-refractivity contribution in [3.63, 3.8) is 0 Å². The van der Waals surface area contributed by atoms with Crippen LogP contribution in [-0.2, 0) is 0 Å². The number of benzene rings is 2. The van der Waals surface area contributed by atoms with Gasteiger partial charge in [-0.25, -0.2) is 4.79 Å². The predicted molar refractivity (Wildman–Crippen MR) is 80.2 cm³/mol. The summed E-state index contributed by atoms with van der Waals surface area (Å²) in [7, 11) is 0. The van der Waals surface area contributed by atoms with Crippen LogP contribution in [0.1, 0.15) is 17.2 Å². The van der Waals surface area contributed by atoms with Crippen LogP contribution >= 0.6 is 11.6 Å². The number of rotatable bonds is 3. The Labute approximate surface area is 121 Å². The lowest BCUT2D eigenvalue weighted by Gasteiger charge is -2.19. The number of H-pyrrole nitrogens is 1. The molecular weight excluding hydrogens is 272 g/mol. The molecule has 4 heteroatoms. The molecule has 0 spiro atoms. The Balaban J connectivity index is 2.16. The van der Waals surface area contributed by atoms with Gasteiger partial charge >= 0.3 is 5.69 Å². The number of hydrogen-bond donors (Lipinski definition) is 1. The van der Waals surface area contributed by atoms with Gasteiger partial charge in [-0.1, -0.05) is 54.1 Å². The van der Waals surface area contributed by atoms with Crippen LogP contribution in [0, 0.1) is 0 Å². The summed E-state index contributed by atoms with van der Waals surface area (Å²) >= 11 is 5.94. The zero-order valence-electron chi connectivity index (χ0n) is 10.7. The van der Waals surface area contributed by atoms with Crippen LogP contribution in [0.2, 0.25) is 5.02 Å². The summed E-state index contributed by atoms with van der Waals surface area (Å²) < 4.78 is 1.68. The molecule has 0 aliphatic rings. The van der Waals surface area contributed by atoms with Gasteiger partial charge in [0.2, 0.25) is 0 Å². The second-order valence-corrected chi connectivity index (χ2v) is 4.97. The molecule has 0 saturated heterocycles. The summed E-state index contributed by atoms with van der Waals surface area (Å²) in [6, 6.07) is 17.3. The molecule has 20 heavy (non-hydrogen) atoms. The first-order valence-corrected chi connectivity index (χ1v) is 6.69. The maximum absolute atomic E-state index is 12.0. The Hall–Kier alpha value is -2.26. The van der Waals surface area contributed by atoms with Crippen LogP contribution in [0.5, 0.6) is 0 Å². The first-order chi connectivity index (χ1) is 9.75. The number of aromatic amines is 1. The van der Waals surface area contributed by atoms with E-state index in [-0.39, 0.29) is 11.7 Å². The fourth-order valence-electron chi connectivity index (χ4n) is 2.33. The summed E-state index contributed by atoms with van der Waals surface area (Å²) in [5, 5.41) is 0.682. The molecule has 0 radical (unpaired) electrons. The SMILES string of the molecule is O=c1[nH]ccn1C(c1ccccc1)c1ccc(Cl)cc1. The minimum atomic E-state index is -0.160. The maximum Gasteiger partial charge on any atom is 0.326 e. The monoisotopic (exact) mass is 284 g/mol. The molecule has 1 N–H and O–H groups in total. The Morgan fingerprint density at radius 1 is 0.950 bits per heavy atom. The second kappa shape index (κ2) is 5.39. The molecule has 1 unspecified atom stereocenters. The molecule has 1 aromatic heterocycles. The number of aromatic nitrogens is 2. The average molecular weight is 285 g/mol. The molecule has 3 aromatic rings. The highest BCUT2D eigenvalue weighted by Gasteiger charge is 2.17. The molecule has 0 amide bonds. The van der Waals surface area contributed by atoms with E-state index in [0.29, 0.717) is 5.02 Å². The normalized spacial score (nSPS) is 12.2. The molecule has 0 fully saturated rings. The van der Waals surface area contributed by atoms with Crippen LogP contribution in [0.15, 0.2) is 71.8 Å². The van der Waals surface area contributed by atoms with E-state index in [2.05, 4.69) is 4.98 Å². The van der Waals surface area contributed by atoms with Crippen LogP contribution in [0.25, 0.3) is 0 Å². The van der Waals surface area contributed by atoms with Gasteiger partial charge in [0.05, 0.1) is 6.04 Å². The highest BCUT2D eigenvalue weighted by atomic mass is 35.5. The van der Waals surface area contributed by atoms with E-state index in [9.17, 15) is 4.79 Å². The zero-order valence-corrected chi connectivity index (χ0v) is 11.4. The molecule has 0 aliphatic heterocycles. The first kappa shape index (κ1) is 12.8. The van der Waals surface area contributed by atoms with Crippen molar-refractivity contribution in [3.05, 3.63) is 93.6 Å². The summed E-state index contributed by atoms with van der Waals surface area (Å²) in [6.07, 6.45) is 3.41. The van der Waals surface area contributed by atoms with E-state index < -0.39 is 0 Å². The van der Waals surface area contributed by atoms with Gasteiger partial charge in [0.25, 0.3) is 0 Å². The van der Waals surface area contributed by atoms with Gasteiger partial charge in [-0.15, -0.1) is 0 Å². The van der Waals surface area contributed by atoms with Gasteiger partial charge in [-0.05, 0) is 23.3 Å². The molecule has 3 nitrogen and oxygen atoms in total. The van der Waals surface area contributed by atoms with Crippen molar-refractivity contribution in [2.24, 2.45) is 0 Å². The van der Waals surface area contributed by atoms with E-state index in [0.717, 1.165) is 11.1 Å². The summed E-state index contributed by atoms with van der Waals surface area (Å²) in [5.41, 5.74) is 1.94. The summed E-state index contributed by atoms with van der Waals surface area (Å²) in [5.74, 6) is 0. The largest absolute Gasteiger partial charge is 0.326 e. The molecular formula is C16H13ClN2O. The molecule has 0 aliphatic carbocycles. The lowest BCUT2D eigenvalue weighted by Crippen LogP contribution is -2.23. The van der Waals surface area contributed by atoms with Crippen molar-refractivity contribution in [2.45, 2.75) is 6.04 Å². The van der Waals surface area contributed by atoms with Crippen molar-refractivity contribution in [1.29, 1.82) is 0 Å². The third kappa shape index (κ3) is 2.40. The van der Waals surface area contributed by atoms with E-state index in [4.69, 9.17) is 11.6 Å². The molecule has 100 valence electrons. The quantitative estimate of drug-likeness (QED) is 0.786. The van der Waals surface area contributed by atoms with E-state index in [1.807, 2.05) is 54.6 Å². The minimum absolute atomic E-state index is 0.131. The van der Waals surface area contributed by atoms with Crippen LogP contribution in [0.4, 0.5) is 0 Å². The fourth-order valence-corrected chi connectivity index (χ4v) is 2.45. The minimum Gasteiger partial charge on any atom is -0.313 e. The van der Waals surface area contributed by atoms with Crippen LogP contribution in [0.3, 0.4) is 0 Å². The molecule has 0 bridgehead atoms. The summed E-state index contributed by atoms with van der Waals surface area (Å²) in [4.78, 5) is 14.6. The maximum atomic E-state index is 12.0. The molecule has 1 atom stereocenters. The third-order valence-corrected chi connectivity index (χ3v) is 3.51. The Morgan fingerprint density at radius 2 is 1.60 bits per heavy atom. The Bertz CT molecular complexity index is 744. The molecule has 1 heterocycles. The second-order valence-electron chi connectivity index (χ2n) is 4.54. The Kier molecular flexibility index (Phi) is 3.44.